The van der Waals surface area contributed by atoms with Crippen LogP contribution >= 0.6 is 0 Å². The van der Waals surface area contributed by atoms with E-state index < -0.39 is 55.0 Å². The first-order valence-electron chi connectivity index (χ1n) is 12.7. The van der Waals surface area contributed by atoms with Gasteiger partial charge in [0, 0.05) is 19.5 Å². The Balaban J connectivity index is 1.41. The predicted octanol–water partition coefficient (Wildman–Crippen LogP) is 2.66. The Labute approximate surface area is 230 Å². The van der Waals surface area contributed by atoms with E-state index in [1.165, 1.54) is 36.2 Å². The average Bonchev–Trinajstić information content (AvgIpc) is 3.46. The number of carbonyl (C=O) groups is 2. The van der Waals surface area contributed by atoms with Crippen LogP contribution in [0.5, 0.6) is 0 Å². The second kappa shape index (κ2) is 8.80. The molecule has 10 nitrogen and oxygen atoms in total. The molecular weight excluding hydrogens is 566 g/mol. The summed E-state index contributed by atoms with van der Waals surface area (Å²) in [7, 11) is -6.62. The van der Waals surface area contributed by atoms with E-state index in [-0.39, 0.29) is 46.8 Å². The summed E-state index contributed by atoms with van der Waals surface area (Å²) in [6.45, 7) is -0.0727. The first kappa shape index (κ1) is 26.8. The lowest BCUT2D eigenvalue weighted by atomic mass is 9.69. The molecule has 2 aliphatic carbocycles. The van der Waals surface area contributed by atoms with Gasteiger partial charge in [0.1, 0.15) is 16.5 Å². The highest BCUT2D eigenvalue weighted by molar-refractivity contribution is 7.92. The fraction of sp³-hybridized carbons (Fsp3) is 0.423. The molecule has 0 radical (unpaired) electrons. The highest BCUT2D eigenvalue weighted by Gasteiger charge is 2.66. The van der Waals surface area contributed by atoms with Gasteiger partial charge in [0.25, 0.3) is 10.0 Å². The van der Waals surface area contributed by atoms with Crippen LogP contribution in [0.25, 0.3) is 0 Å². The second-order valence-corrected chi connectivity index (χ2v) is 14.6. The number of nitrogens with zero attached hydrogens (tertiary/aromatic N) is 3. The summed E-state index contributed by atoms with van der Waals surface area (Å²) in [5.41, 5.74) is -0.284. The highest BCUT2D eigenvalue weighted by Crippen LogP contribution is 2.62. The Morgan fingerprint density at radius 1 is 1.15 bits per heavy atom. The summed E-state index contributed by atoms with van der Waals surface area (Å²) >= 11 is 0. The summed E-state index contributed by atoms with van der Waals surface area (Å²) in [5, 5.41) is 3.13. The lowest BCUT2D eigenvalue weighted by Gasteiger charge is -2.48. The molecule has 4 atom stereocenters. The molecule has 0 aromatic heterocycles. The summed E-state index contributed by atoms with van der Waals surface area (Å²) in [6, 6.07) is 6.81. The third kappa shape index (κ3) is 4.02. The van der Waals surface area contributed by atoms with E-state index in [9.17, 15) is 35.2 Å². The number of amidine groups is 1. The number of rotatable bonds is 5. The lowest BCUT2D eigenvalue weighted by molar-refractivity contribution is -0.150. The number of likely N-dealkylation sites (tertiary alicyclic amines) is 1. The molecule has 14 heteroatoms. The molecule has 212 valence electrons. The topological polar surface area (TPSA) is 133 Å². The molecule has 2 aliphatic heterocycles. The van der Waals surface area contributed by atoms with Crippen LogP contribution < -0.4 is 9.62 Å². The molecule has 0 unspecified atom stereocenters. The Kier molecular flexibility index (Phi) is 5.90. The number of Topliss-reactive ketones (excluding diaryl/α,β-unsaturated/α-hetero) is 1. The third-order valence-corrected chi connectivity index (χ3v) is 11.3. The second-order valence-electron chi connectivity index (χ2n) is 11.0. The molecule has 4 aliphatic rings. The molecular formula is C26H26F2N4O6S2. The van der Waals surface area contributed by atoms with Crippen molar-refractivity contribution in [2.24, 2.45) is 21.6 Å². The number of benzene rings is 2. The van der Waals surface area contributed by atoms with Crippen LogP contribution in [0.3, 0.4) is 0 Å². The maximum atomic E-state index is 14.0. The Morgan fingerprint density at radius 2 is 1.90 bits per heavy atom. The standard InChI is InChI=1S/C26H26F2N4O6S2/c1-31(39(2,35)36)16-4-6-19-21(10-16)40(37,38)30-25(29-19)26-8-7-15(12-26)23-20(33)11-22(34)32(24(23)26)13-14-3-5-17(27)18(28)9-14/h3-6,9-10,15,23-24H,7-8,11-13H2,1-2H3,(H,29,30)/t15-,23-,24-,26+/m0/s1. The van der Waals surface area contributed by atoms with Crippen LogP contribution in [0.1, 0.15) is 31.2 Å². The first-order valence-corrected chi connectivity index (χ1v) is 16.0. The van der Waals surface area contributed by atoms with Gasteiger partial charge in [-0.2, -0.15) is 8.42 Å². The van der Waals surface area contributed by atoms with Crippen molar-refractivity contribution in [3.63, 3.8) is 0 Å². The van der Waals surface area contributed by atoms with Crippen molar-refractivity contribution in [2.45, 2.75) is 43.2 Å². The summed E-state index contributed by atoms with van der Waals surface area (Å²) in [6.07, 6.45) is 2.24. The first-order chi connectivity index (χ1) is 18.7. The normalized spacial score (nSPS) is 28.6. The van der Waals surface area contributed by atoms with Gasteiger partial charge in [-0.1, -0.05) is 6.07 Å². The van der Waals surface area contributed by atoms with Gasteiger partial charge in [-0.3, -0.25) is 13.9 Å². The number of sulfonamides is 2. The van der Waals surface area contributed by atoms with Crippen molar-refractivity contribution in [2.75, 3.05) is 22.9 Å². The molecule has 2 saturated carbocycles. The molecule has 3 fully saturated rings. The van der Waals surface area contributed by atoms with Gasteiger partial charge in [-0.25, -0.2) is 17.2 Å². The van der Waals surface area contributed by atoms with E-state index in [1.54, 1.807) is 0 Å². The number of amides is 1. The number of nitrogens with one attached hydrogen (secondary N) is 1. The maximum Gasteiger partial charge on any atom is 0.286 e. The van der Waals surface area contributed by atoms with Crippen molar-refractivity contribution >= 4 is 48.9 Å². The number of ketones is 1. The Hall–Kier alpha value is -3.39. The van der Waals surface area contributed by atoms with Crippen LogP contribution in [-0.4, -0.2) is 58.6 Å². The molecule has 1 amide bonds. The largest absolute Gasteiger partial charge is 0.341 e. The maximum absolute atomic E-state index is 14.0. The lowest BCUT2D eigenvalue weighted by Crippen LogP contribution is -2.61. The van der Waals surface area contributed by atoms with E-state index in [0.717, 1.165) is 22.7 Å². The van der Waals surface area contributed by atoms with E-state index >= 15 is 0 Å². The van der Waals surface area contributed by atoms with Crippen molar-refractivity contribution in [1.29, 1.82) is 0 Å². The van der Waals surface area contributed by atoms with Crippen molar-refractivity contribution in [3.8, 4) is 0 Å². The number of fused-ring (bicyclic) bond motifs is 6. The zero-order valence-electron chi connectivity index (χ0n) is 21.6. The molecule has 2 aromatic rings. The van der Waals surface area contributed by atoms with E-state index in [2.05, 4.69) is 9.71 Å². The van der Waals surface area contributed by atoms with Gasteiger partial charge in [0.05, 0.1) is 35.5 Å². The van der Waals surface area contributed by atoms with Gasteiger partial charge in [-0.15, -0.1) is 4.40 Å². The number of piperidine rings is 1. The van der Waals surface area contributed by atoms with Gasteiger partial charge >= 0.3 is 0 Å². The smallest absolute Gasteiger partial charge is 0.286 e. The third-order valence-electron chi connectivity index (χ3n) is 8.73. The summed E-state index contributed by atoms with van der Waals surface area (Å²) in [4.78, 5) is 27.6. The van der Waals surface area contributed by atoms with Crippen molar-refractivity contribution in [1.82, 2.24) is 4.90 Å². The van der Waals surface area contributed by atoms with E-state index in [0.29, 0.717) is 24.8 Å². The highest BCUT2D eigenvalue weighted by atomic mass is 32.2. The van der Waals surface area contributed by atoms with Crippen LogP contribution in [0.15, 0.2) is 45.7 Å². The van der Waals surface area contributed by atoms with Gasteiger partial charge in [-0.05, 0) is 61.1 Å². The number of carbonyl (C=O) groups excluding carboxylic acids is 2. The molecule has 0 spiro atoms. The monoisotopic (exact) mass is 592 g/mol. The van der Waals surface area contributed by atoms with Crippen LogP contribution in [0.4, 0.5) is 20.2 Å². The summed E-state index contributed by atoms with van der Waals surface area (Å²) < 4.78 is 83.5. The van der Waals surface area contributed by atoms with Crippen LogP contribution in [-0.2, 0) is 36.2 Å². The Bertz CT molecular complexity index is 1730. The van der Waals surface area contributed by atoms with Gasteiger partial charge < -0.3 is 10.2 Å². The zero-order chi connectivity index (χ0) is 28.8. The minimum absolute atomic E-state index is 0.0727. The fourth-order valence-electron chi connectivity index (χ4n) is 6.87. The van der Waals surface area contributed by atoms with Crippen molar-refractivity contribution in [3.05, 3.63) is 53.6 Å². The van der Waals surface area contributed by atoms with Crippen LogP contribution in [0, 0.1) is 28.9 Å². The molecule has 2 bridgehead atoms. The number of anilines is 2. The molecule has 6 rings (SSSR count). The molecule has 2 aromatic carbocycles. The van der Waals surface area contributed by atoms with Crippen LogP contribution in [0.2, 0.25) is 0 Å². The molecule has 40 heavy (non-hydrogen) atoms. The van der Waals surface area contributed by atoms with E-state index in [1.807, 2.05) is 0 Å². The zero-order valence-corrected chi connectivity index (χ0v) is 23.2. The number of hydrogen-bond donors (Lipinski definition) is 1. The SMILES string of the molecule is CN(c1ccc2c(c1)S(=O)(=O)N=C([C@]13CC[C@@H](C1)[C@H]1C(=O)CC(=O)N(Cc4ccc(F)c(F)c4)[C@@H]13)N2)S(C)(=O)=O. The van der Waals surface area contributed by atoms with Gasteiger partial charge in [0.2, 0.25) is 15.9 Å². The van der Waals surface area contributed by atoms with E-state index in [4.69, 9.17) is 0 Å². The average molecular weight is 593 g/mol. The summed E-state index contributed by atoms with van der Waals surface area (Å²) in [5.74, 6) is -3.24. The van der Waals surface area contributed by atoms with Crippen molar-refractivity contribution < 1.29 is 35.2 Å². The number of hydrogen-bond acceptors (Lipinski definition) is 7. The number of halogens is 2. The molecule has 1 saturated heterocycles. The molecule has 1 N–H and O–H groups in total. The predicted molar refractivity (Wildman–Crippen MR) is 142 cm³/mol. The fourth-order valence-corrected chi connectivity index (χ4v) is 8.60. The quantitative estimate of drug-likeness (QED) is 0.528. The van der Waals surface area contributed by atoms with Gasteiger partial charge in [0.15, 0.2) is 11.6 Å². The minimum atomic E-state index is -4.29. The molecule has 2 heterocycles. The Morgan fingerprint density at radius 3 is 2.60 bits per heavy atom. The minimum Gasteiger partial charge on any atom is -0.341 e.